The molecule has 0 aliphatic carbocycles. The fraction of sp³-hybridized carbons (Fsp3) is 0.267. The van der Waals surface area contributed by atoms with Crippen molar-refractivity contribution in [1.29, 1.82) is 0 Å². The molecule has 0 spiro atoms. The first-order valence-electron chi connectivity index (χ1n) is 6.46. The molecule has 5 heteroatoms. The van der Waals surface area contributed by atoms with Gasteiger partial charge >= 0.3 is 0 Å². The zero-order valence-electron chi connectivity index (χ0n) is 11.9. The molecule has 0 aliphatic heterocycles. The van der Waals surface area contributed by atoms with Crippen LogP contribution in [0.15, 0.2) is 30.3 Å². The molecule has 5 nitrogen and oxygen atoms in total. The van der Waals surface area contributed by atoms with Crippen LogP contribution >= 0.6 is 0 Å². The Morgan fingerprint density at radius 3 is 2.50 bits per heavy atom. The van der Waals surface area contributed by atoms with Crippen LogP contribution in [-0.4, -0.2) is 23.2 Å². The minimum atomic E-state index is -0.165. The van der Waals surface area contributed by atoms with Crippen molar-refractivity contribution in [3.8, 4) is 0 Å². The van der Waals surface area contributed by atoms with Gasteiger partial charge in [0.1, 0.15) is 0 Å². The van der Waals surface area contributed by atoms with Crippen LogP contribution in [0.1, 0.15) is 27.3 Å². The van der Waals surface area contributed by atoms with Gasteiger partial charge in [-0.15, -0.1) is 0 Å². The van der Waals surface area contributed by atoms with Crippen LogP contribution in [0.3, 0.4) is 0 Å². The number of anilines is 1. The predicted molar refractivity (Wildman–Crippen MR) is 78.7 cm³/mol. The fourth-order valence-electron chi connectivity index (χ4n) is 1.89. The van der Waals surface area contributed by atoms with Crippen LogP contribution in [0.25, 0.3) is 0 Å². The minimum Gasteiger partial charge on any atom is -0.322 e. The summed E-state index contributed by atoms with van der Waals surface area (Å²) in [4.78, 5) is 12.2. The van der Waals surface area contributed by atoms with Crippen molar-refractivity contribution < 1.29 is 4.79 Å². The Labute approximate surface area is 118 Å². The van der Waals surface area contributed by atoms with Gasteiger partial charge in [-0.05, 0) is 44.7 Å². The van der Waals surface area contributed by atoms with Crippen molar-refractivity contribution in [2.75, 3.05) is 12.4 Å². The number of carbonyl (C=O) groups excluding carboxylic acids is 1. The third-order valence-corrected chi connectivity index (χ3v) is 2.94. The average Bonchev–Trinajstić information content (AvgIpc) is 2.44. The van der Waals surface area contributed by atoms with Gasteiger partial charge in [0.25, 0.3) is 5.91 Å². The lowest BCUT2D eigenvalue weighted by Crippen LogP contribution is -2.15. The van der Waals surface area contributed by atoms with E-state index < -0.39 is 0 Å². The normalized spacial score (nSPS) is 10.3. The molecule has 0 unspecified atom stereocenters. The molecule has 0 saturated carbocycles. The molecular weight excluding hydrogens is 252 g/mol. The molecule has 0 fully saturated rings. The largest absolute Gasteiger partial charge is 0.322 e. The second-order valence-corrected chi connectivity index (χ2v) is 4.67. The molecule has 0 saturated heterocycles. The summed E-state index contributed by atoms with van der Waals surface area (Å²) in [5.74, 6) is -0.165. The van der Waals surface area contributed by atoms with E-state index in [1.807, 2.05) is 38.2 Å². The lowest BCUT2D eigenvalue weighted by atomic mass is 10.1. The SMILES string of the molecule is CNCc1ccc(NC(=O)c2cc(C)nnc2C)cc1. The summed E-state index contributed by atoms with van der Waals surface area (Å²) >= 11 is 0. The van der Waals surface area contributed by atoms with Gasteiger partial charge in [-0.1, -0.05) is 12.1 Å². The second kappa shape index (κ2) is 6.25. The van der Waals surface area contributed by atoms with Crippen LogP contribution in [0, 0.1) is 13.8 Å². The van der Waals surface area contributed by atoms with E-state index in [0.717, 1.165) is 17.9 Å². The highest BCUT2D eigenvalue weighted by molar-refractivity contribution is 6.05. The number of carbonyl (C=O) groups is 1. The Balaban J connectivity index is 2.13. The van der Waals surface area contributed by atoms with Crippen molar-refractivity contribution >= 4 is 11.6 Å². The molecule has 104 valence electrons. The van der Waals surface area contributed by atoms with Gasteiger partial charge in [0, 0.05) is 12.2 Å². The summed E-state index contributed by atoms with van der Waals surface area (Å²) in [6, 6.07) is 9.49. The summed E-state index contributed by atoms with van der Waals surface area (Å²) < 4.78 is 0. The third kappa shape index (κ3) is 3.39. The van der Waals surface area contributed by atoms with Gasteiger partial charge in [0.15, 0.2) is 0 Å². The van der Waals surface area contributed by atoms with Crippen molar-refractivity contribution in [2.45, 2.75) is 20.4 Å². The van der Waals surface area contributed by atoms with Crippen LogP contribution in [0.4, 0.5) is 5.69 Å². The Hall–Kier alpha value is -2.27. The molecule has 0 bridgehead atoms. The fourth-order valence-corrected chi connectivity index (χ4v) is 1.89. The van der Waals surface area contributed by atoms with Crippen LogP contribution in [0.5, 0.6) is 0 Å². The van der Waals surface area contributed by atoms with Crippen LogP contribution in [-0.2, 0) is 6.54 Å². The molecule has 1 aromatic carbocycles. The first-order valence-corrected chi connectivity index (χ1v) is 6.46. The van der Waals surface area contributed by atoms with Crippen molar-refractivity contribution in [2.24, 2.45) is 0 Å². The van der Waals surface area contributed by atoms with Gasteiger partial charge < -0.3 is 10.6 Å². The molecule has 20 heavy (non-hydrogen) atoms. The summed E-state index contributed by atoms with van der Waals surface area (Å²) in [6.07, 6.45) is 0. The molecule has 1 amide bonds. The molecule has 2 N–H and O–H groups in total. The lowest BCUT2D eigenvalue weighted by Gasteiger charge is -2.08. The topological polar surface area (TPSA) is 66.9 Å². The van der Waals surface area contributed by atoms with E-state index in [9.17, 15) is 4.79 Å². The van der Waals surface area contributed by atoms with Gasteiger partial charge in [0.2, 0.25) is 0 Å². The van der Waals surface area contributed by atoms with Crippen LogP contribution < -0.4 is 10.6 Å². The lowest BCUT2D eigenvalue weighted by molar-refractivity contribution is 0.102. The number of hydrogen-bond donors (Lipinski definition) is 2. The zero-order valence-corrected chi connectivity index (χ0v) is 11.9. The van der Waals surface area contributed by atoms with Gasteiger partial charge in [-0.2, -0.15) is 10.2 Å². The van der Waals surface area contributed by atoms with E-state index in [2.05, 4.69) is 20.8 Å². The van der Waals surface area contributed by atoms with Crippen molar-refractivity contribution in [3.63, 3.8) is 0 Å². The first-order chi connectivity index (χ1) is 9.60. The highest BCUT2D eigenvalue weighted by atomic mass is 16.1. The zero-order chi connectivity index (χ0) is 14.5. The van der Waals surface area contributed by atoms with E-state index in [-0.39, 0.29) is 5.91 Å². The van der Waals surface area contributed by atoms with Gasteiger partial charge in [0.05, 0.1) is 17.0 Å². The number of amides is 1. The maximum atomic E-state index is 12.2. The first kappa shape index (κ1) is 14.1. The number of nitrogens with one attached hydrogen (secondary N) is 2. The third-order valence-electron chi connectivity index (χ3n) is 2.94. The standard InChI is InChI=1S/C15H18N4O/c1-10-8-14(11(2)19-18-10)15(20)17-13-6-4-12(5-7-13)9-16-3/h4-8,16H,9H2,1-3H3,(H,17,20). The number of aromatic nitrogens is 2. The van der Waals surface area contributed by atoms with Crippen molar-refractivity contribution in [3.05, 3.63) is 52.8 Å². The summed E-state index contributed by atoms with van der Waals surface area (Å²) in [7, 11) is 1.90. The predicted octanol–water partition coefficient (Wildman–Crippen LogP) is 2.07. The second-order valence-electron chi connectivity index (χ2n) is 4.67. The summed E-state index contributed by atoms with van der Waals surface area (Å²) in [5, 5.41) is 13.8. The number of nitrogens with zero attached hydrogens (tertiary/aromatic N) is 2. The quantitative estimate of drug-likeness (QED) is 0.892. The molecule has 0 atom stereocenters. The molecule has 0 radical (unpaired) electrons. The van der Waals surface area contributed by atoms with E-state index in [0.29, 0.717) is 11.3 Å². The van der Waals surface area contributed by atoms with Gasteiger partial charge in [-0.3, -0.25) is 4.79 Å². The number of aryl methyl sites for hydroxylation is 2. The Morgan fingerprint density at radius 2 is 1.85 bits per heavy atom. The summed E-state index contributed by atoms with van der Waals surface area (Å²) in [5.41, 5.74) is 3.84. The minimum absolute atomic E-state index is 0.165. The van der Waals surface area contributed by atoms with Crippen LogP contribution in [0.2, 0.25) is 0 Å². The molecule has 2 rings (SSSR count). The number of rotatable bonds is 4. The smallest absolute Gasteiger partial charge is 0.257 e. The highest BCUT2D eigenvalue weighted by Crippen LogP contribution is 2.13. The molecular formula is C15H18N4O. The maximum absolute atomic E-state index is 12.2. The average molecular weight is 270 g/mol. The molecule has 1 heterocycles. The Kier molecular flexibility index (Phi) is 4.42. The summed E-state index contributed by atoms with van der Waals surface area (Å²) in [6.45, 7) is 4.40. The van der Waals surface area contributed by atoms with E-state index >= 15 is 0 Å². The highest BCUT2D eigenvalue weighted by Gasteiger charge is 2.11. The molecule has 0 aliphatic rings. The van der Waals surface area contributed by atoms with E-state index in [4.69, 9.17) is 0 Å². The number of hydrogen-bond acceptors (Lipinski definition) is 4. The Bertz CT molecular complexity index is 608. The van der Waals surface area contributed by atoms with Crippen molar-refractivity contribution in [1.82, 2.24) is 15.5 Å². The van der Waals surface area contributed by atoms with E-state index in [1.54, 1.807) is 13.0 Å². The number of benzene rings is 1. The van der Waals surface area contributed by atoms with Gasteiger partial charge in [-0.25, -0.2) is 0 Å². The Morgan fingerprint density at radius 1 is 1.15 bits per heavy atom. The van der Waals surface area contributed by atoms with E-state index in [1.165, 1.54) is 5.56 Å². The molecule has 2 aromatic rings. The monoisotopic (exact) mass is 270 g/mol. The maximum Gasteiger partial charge on any atom is 0.257 e. The molecule has 1 aromatic heterocycles.